The fourth-order valence-electron chi connectivity index (χ4n) is 2.88. The van der Waals surface area contributed by atoms with E-state index in [-0.39, 0.29) is 0 Å². The molecule has 0 fully saturated rings. The van der Waals surface area contributed by atoms with Gasteiger partial charge < -0.3 is 4.90 Å². The Bertz CT molecular complexity index is 151. The highest BCUT2D eigenvalue weighted by Gasteiger charge is 2.03. The third kappa shape index (κ3) is 14.4. The fourth-order valence-corrected chi connectivity index (χ4v) is 2.88. The van der Waals surface area contributed by atoms with Crippen LogP contribution in [0.25, 0.3) is 0 Å². The Kier molecular flexibility index (Phi) is 17.0. The molecule has 0 heterocycles. The maximum Gasteiger partial charge on any atom is -0.00187 e. The van der Waals surface area contributed by atoms with Crippen molar-refractivity contribution in [3.63, 3.8) is 0 Å². The fraction of sp³-hybridized carbons (Fsp3) is 1.00. The van der Waals surface area contributed by atoms with E-state index >= 15 is 0 Å². The van der Waals surface area contributed by atoms with Crippen molar-refractivity contribution in [2.45, 2.75) is 104 Å². The number of nitrogens with zero attached hydrogens (tertiary/aromatic N) is 1. The number of hydrogen-bond donors (Lipinski definition) is 0. The van der Waals surface area contributed by atoms with Crippen molar-refractivity contribution in [2.75, 3.05) is 19.6 Å². The monoisotopic (exact) mass is 283 g/mol. The summed E-state index contributed by atoms with van der Waals surface area (Å²) in [5.74, 6) is 0. The topological polar surface area (TPSA) is 3.24 Å². The van der Waals surface area contributed by atoms with E-state index in [1.165, 1.54) is 103 Å². The molecule has 0 aromatic rings. The van der Waals surface area contributed by atoms with Crippen LogP contribution in [0.15, 0.2) is 0 Å². The molecule has 0 rings (SSSR count). The molecule has 0 amide bonds. The van der Waals surface area contributed by atoms with Crippen molar-refractivity contribution in [1.29, 1.82) is 0 Å². The summed E-state index contributed by atoms with van der Waals surface area (Å²) >= 11 is 0. The molecule has 0 saturated carbocycles. The van der Waals surface area contributed by atoms with Crippen LogP contribution in [0.3, 0.4) is 0 Å². The molecule has 0 aliphatic heterocycles. The van der Waals surface area contributed by atoms with Gasteiger partial charge in [0.25, 0.3) is 0 Å². The second kappa shape index (κ2) is 17.0. The zero-order valence-electron chi connectivity index (χ0n) is 14.8. The molecule has 0 saturated heterocycles. The highest BCUT2D eigenvalue weighted by molar-refractivity contribution is 4.58. The van der Waals surface area contributed by atoms with Gasteiger partial charge >= 0.3 is 0 Å². The van der Waals surface area contributed by atoms with Gasteiger partial charge in [-0.1, -0.05) is 85.0 Å². The predicted octanol–water partition coefficient (Wildman–Crippen LogP) is 6.42. The van der Waals surface area contributed by atoms with E-state index in [2.05, 4.69) is 25.7 Å². The zero-order chi connectivity index (χ0) is 14.9. The Morgan fingerprint density at radius 3 is 1.20 bits per heavy atom. The van der Waals surface area contributed by atoms with Gasteiger partial charge in [-0.3, -0.25) is 0 Å². The van der Waals surface area contributed by atoms with Gasteiger partial charge in [0.05, 0.1) is 0 Å². The van der Waals surface area contributed by atoms with E-state index in [0.717, 1.165) is 0 Å². The van der Waals surface area contributed by atoms with Crippen LogP contribution in [0.2, 0.25) is 0 Å². The lowest BCUT2D eigenvalue weighted by Crippen LogP contribution is -2.27. The first-order valence-electron chi connectivity index (χ1n) is 9.57. The quantitative estimate of drug-likeness (QED) is 0.295. The van der Waals surface area contributed by atoms with Gasteiger partial charge in [-0.2, -0.15) is 0 Å². The molecule has 0 aromatic heterocycles. The molecule has 1 heteroatoms. The van der Waals surface area contributed by atoms with Crippen LogP contribution in [-0.2, 0) is 0 Å². The van der Waals surface area contributed by atoms with E-state index in [1.807, 2.05) is 0 Å². The van der Waals surface area contributed by atoms with E-state index in [4.69, 9.17) is 0 Å². The average Bonchev–Trinajstić information content (AvgIpc) is 2.46. The minimum absolute atomic E-state index is 1.31. The minimum Gasteiger partial charge on any atom is -0.303 e. The second-order valence-electron chi connectivity index (χ2n) is 6.38. The van der Waals surface area contributed by atoms with Crippen molar-refractivity contribution >= 4 is 0 Å². The van der Waals surface area contributed by atoms with Gasteiger partial charge in [-0.15, -0.1) is 0 Å². The van der Waals surface area contributed by atoms with Gasteiger partial charge in [0.2, 0.25) is 0 Å². The summed E-state index contributed by atoms with van der Waals surface area (Å²) in [4.78, 5) is 2.71. The van der Waals surface area contributed by atoms with Crippen LogP contribution < -0.4 is 0 Å². The number of unbranched alkanes of at least 4 members (excludes halogenated alkanes) is 10. The second-order valence-corrected chi connectivity index (χ2v) is 6.38. The highest BCUT2D eigenvalue weighted by atomic mass is 15.1. The predicted molar refractivity (Wildman–Crippen MR) is 93.5 cm³/mol. The summed E-state index contributed by atoms with van der Waals surface area (Å²) in [7, 11) is 0. The zero-order valence-corrected chi connectivity index (χ0v) is 14.8. The van der Waals surface area contributed by atoms with Gasteiger partial charge in [0.15, 0.2) is 0 Å². The number of hydrogen-bond acceptors (Lipinski definition) is 1. The SMILES string of the molecule is CCCCCCCCN(CCC)CCCCCCCC. The molecule has 122 valence electrons. The molecule has 0 unspecified atom stereocenters. The molecule has 0 radical (unpaired) electrons. The van der Waals surface area contributed by atoms with E-state index in [9.17, 15) is 0 Å². The first kappa shape index (κ1) is 20.0. The number of rotatable bonds is 16. The average molecular weight is 284 g/mol. The largest absolute Gasteiger partial charge is 0.303 e. The molecule has 0 spiro atoms. The lowest BCUT2D eigenvalue weighted by molar-refractivity contribution is 0.260. The van der Waals surface area contributed by atoms with Crippen molar-refractivity contribution < 1.29 is 0 Å². The van der Waals surface area contributed by atoms with Crippen LogP contribution in [0, 0.1) is 0 Å². The summed E-state index contributed by atoms with van der Waals surface area (Å²) in [5, 5.41) is 0. The lowest BCUT2D eigenvalue weighted by Gasteiger charge is -2.21. The lowest BCUT2D eigenvalue weighted by atomic mass is 10.1. The summed E-state index contributed by atoms with van der Waals surface area (Å²) in [6.07, 6.45) is 18.4. The van der Waals surface area contributed by atoms with E-state index in [1.54, 1.807) is 0 Å². The molecule has 1 nitrogen and oxygen atoms in total. The summed E-state index contributed by atoms with van der Waals surface area (Å²) < 4.78 is 0. The normalized spacial score (nSPS) is 11.4. The molecule has 0 bridgehead atoms. The summed E-state index contributed by atoms with van der Waals surface area (Å²) in [6.45, 7) is 10.9. The molecule has 0 atom stereocenters. The maximum absolute atomic E-state index is 2.71. The van der Waals surface area contributed by atoms with Crippen molar-refractivity contribution in [1.82, 2.24) is 4.90 Å². The first-order valence-corrected chi connectivity index (χ1v) is 9.57. The van der Waals surface area contributed by atoms with Crippen molar-refractivity contribution in [2.24, 2.45) is 0 Å². The van der Waals surface area contributed by atoms with Crippen molar-refractivity contribution in [3.05, 3.63) is 0 Å². The molecular formula is C19H41N. The van der Waals surface area contributed by atoms with Gasteiger partial charge in [0, 0.05) is 0 Å². The van der Waals surface area contributed by atoms with Crippen LogP contribution in [0.1, 0.15) is 104 Å². The third-order valence-corrected chi connectivity index (χ3v) is 4.20. The van der Waals surface area contributed by atoms with Crippen LogP contribution in [0.4, 0.5) is 0 Å². The molecule has 0 aliphatic carbocycles. The maximum atomic E-state index is 2.71. The summed E-state index contributed by atoms with van der Waals surface area (Å²) in [5.41, 5.74) is 0. The first-order chi connectivity index (χ1) is 9.85. The molecule has 0 aromatic carbocycles. The molecular weight excluding hydrogens is 242 g/mol. The Hall–Kier alpha value is -0.0400. The molecule has 0 aliphatic rings. The summed E-state index contributed by atoms with van der Waals surface area (Å²) in [6, 6.07) is 0. The van der Waals surface area contributed by atoms with Gasteiger partial charge in [-0.05, 0) is 38.9 Å². The van der Waals surface area contributed by atoms with Crippen LogP contribution in [-0.4, -0.2) is 24.5 Å². The Balaban J connectivity index is 3.45. The molecule has 20 heavy (non-hydrogen) atoms. The van der Waals surface area contributed by atoms with E-state index in [0.29, 0.717) is 0 Å². The van der Waals surface area contributed by atoms with E-state index < -0.39 is 0 Å². The Morgan fingerprint density at radius 1 is 0.400 bits per heavy atom. The van der Waals surface area contributed by atoms with Crippen molar-refractivity contribution in [3.8, 4) is 0 Å². The van der Waals surface area contributed by atoms with Gasteiger partial charge in [0.1, 0.15) is 0 Å². The van der Waals surface area contributed by atoms with Gasteiger partial charge in [-0.25, -0.2) is 0 Å². The minimum atomic E-state index is 1.31. The molecule has 0 N–H and O–H groups in total. The van der Waals surface area contributed by atoms with Crippen LogP contribution >= 0.6 is 0 Å². The Morgan fingerprint density at radius 2 is 0.800 bits per heavy atom. The smallest absolute Gasteiger partial charge is 0.00187 e. The van der Waals surface area contributed by atoms with Crippen LogP contribution in [0.5, 0.6) is 0 Å². The third-order valence-electron chi connectivity index (χ3n) is 4.20. The highest BCUT2D eigenvalue weighted by Crippen LogP contribution is 2.09. The Labute approximate surface area is 129 Å². The standard InChI is InChI=1S/C19H41N/c1-4-7-9-11-13-15-18-20(17-6-3)19-16-14-12-10-8-5-2/h4-19H2,1-3H3.